The van der Waals surface area contributed by atoms with Crippen molar-refractivity contribution in [3.63, 3.8) is 0 Å². The molecule has 0 aliphatic heterocycles. The highest BCUT2D eigenvalue weighted by atomic mass is 19.1. The molecule has 3 rings (SSSR count). The minimum atomic E-state index is -0.852. The third kappa shape index (κ3) is 4.05. The fourth-order valence-electron chi connectivity index (χ4n) is 2.57. The van der Waals surface area contributed by atoms with Gasteiger partial charge in [0.1, 0.15) is 5.82 Å². The number of ether oxygens (including phenoxy) is 1. The Morgan fingerprint density at radius 3 is 2.77 bits per heavy atom. The number of hydrogen-bond donors (Lipinski definition) is 1. The molecule has 1 aromatic heterocycles. The van der Waals surface area contributed by atoms with E-state index in [9.17, 15) is 13.6 Å². The van der Waals surface area contributed by atoms with Crippen LogP contribution in [0, 0.1) is 11.6 Å². The molecular weight excluding hydrogens is 340 g/mol. The second-order valence-corrected chi connectivity index (χ2v) is 5.66. The second-order valence-electron chi connectivity index (χ2n) is 5.66. The topological polar surface area (TPSA) is 56.1 Å². The summed E-state index contributed by atoms with van der Waals surface area (Å²) in [5.41, 5.74) is 1.72. The highest BCUT2D eigenvalue weighted by Crippen LogP contribution is 2.21. The second kappa shape index (κ2) is 7.77. The molecule has 1 amide bonds. The van der Waals surface area contributed by atoms with Gasteiger partial charge in [0.25, 0.3) is 5.91 Å². The third-order valence-corrected chi connectivity index (χ3v) is 3.78. The molecule has 1 N–H and O–H groups in total. The van der Waals surface area contributed by atoms with Gasteiger partial charge in [-0.05, 0) is 36.8 Å². The molecule has 0 spiro atoms. The molecule has 0 aliphatic rings. The van der Waals surface area contributed by atoms with E-state index in [4.69, 9.17) is 4.74 Å². The molecule has 0 bridgehead atoms. The number of para-hydroxylation sites is 1. The number of halogens is 2. The van der Waals surface area contributed by atoms with Gasteiger partial charge in [0.2, 0.25) is 0 Å². The SMILES string of the molecule is C[C@@H](NC(=O)COc1ccc(F)cc1F)c1ccccc1-n1cccn1. The molecule has 0 saturated carbocycles. The van der Waals surface area contributed by atoms with E-state index < -0.39 is 17.5 Å². The molecule has 2 aromatic carbocycles. The van der Waals surface area contributed by atoms with Gasteiger partial charge in [-0.3, -0.25) is 4.79 Å². The minimum Gasteiger partial charge on any atom is -0.481 e. The zero-order chi connectivity index (χ0) is 18.5. The van der Waals surface area contributed by atoms with Crippen molar-refractivity contribution in [3.05, 3.63) is 78.1 Å². The number of carbonyl (C=O) groups excluding carboxylic acids is 1. The van der Waals surface area contributed by atoms with Gasteiger partial charge in [0.15, 0.2) is 18.2 Å². The fraction of sp³-hybridized carbons (Fsp3) is 0.158. The first-order chi connectivity index (χ1) is 12.5. The molecule has 134 valence electrons. The van der Waals surface area contributed by atoms with Gasteiger partial charge in [-0.25, -0.2) is 13.5 Å². The van der Waals surface area contributed by atoms with Crippen LogP contribution in [0.3, 0.4) is 0 Å². The predicted molar refractivity (Wildman–Crippen MR) is 92.0 cm³/mol. The first kappa shape index (κ1) is 17.6. The molecule has 0 radical (unpaired) electrons. The summed E-state index contributed by atoms with van der Waals surface area (Å²) in [6, 6.07) is 12.0. The van der Waals surface area contributed by atoms with Crippen LogP contribution in [0.1, 0.15) is 18.5 Å². The number of nitrogens with one attached hydrogen (secondary N) is 1. The maximum atomic E-state index is 13.5. The average molecular weight is 357 g/mol. The average Bonchev–Trinajstić information content (AvgIpc) is 3.15. The lowest BCUT2D eigenvalue weighted by Gasteiger charge is -2.18. The van der Waals surface area contributed by atoms with Gasteiger partial charge in [-0.1, -0.05) is 18.2 Å². The molecule has 5 nitrogen and oxygen atoms in total. The summed E-state index contributed by atoms with van der Waals surface area (Å²) in [4.78, 5) is 12.1. The molecule has 0 fully saturated rings. The number of hydrogen-bond acceptors (Lipinski definition) is 3. The monoisotopic (exact) mass is 357 g/mol. The van der Waals surface area contributed by atoms with E-state index in [1.54, 1.807) is 10.9 Å². The van der Waals surface area contributed by atoms with E-state index in [1.807, 2.05) is 43.5 Å². The van der Waals surface area contributed by atoms with Crippen molar-refractivity contribution >= 4 is 5.91 Å². The Hall–Kier alpha value is -3.22. The highest BCUT2D eigenvalue weighted by molar-refractivity contribution is 5.78. The lowest BCUT2D eigenvalue weighted by Crippen LogP contribution is -2.31. The Labute approximate surface area is 149 Å². The lowest BCUT2D eigenvalue weighted by molar-refractivity contribution is -0.123. The van der Waals surface area contributed by atoms with E-state index in [-0.39, 0.29) is 18.4 Å². The Balaban J connectivity index is 1.65. The van der Waals surface area contributed by atoms with Crippen LogP contribution in [0.4, 0.5) is 8.78 Å². The van der Waals surface area contributed by atoms with E-state index in [0.717, 1.165) is 23.4 Å². The largest absolute Gasteiger partial charge is 0.481 e. The van der Waals surface area contributed by atoms with Gasteiger partial charge in [-0.15, -0.1) is 0 Å². The first-order valence-corrected chi connectivity index (χ1v) is 8.01. The molecule has 0 unspecified atom stereocenters. The number of nitrogens with zero attached hydrogens (tertiary/aromatic N) is 2. The molecule has 1 heterocycles. The van der Waals surface area contributed by atoms with Crippen LogP contribution in [0.2, 0.25) is 0 Å². The standard InChI is InChI=1S/C19H17F2N3O2/c1-13(15-5-2-3-6-17(15)24-10-4-9-22-24)23-19(25)12-26-18-8-7-14(20)11-16(18)21/h2-11,13H,12H2,1H3,(H,23,25)/t13-/m1/s1. The summed E-state index contributed by atoms with van der Waals surface area (Å²) in [5.74, 6) is -2.15. The van der Waals surface area contributed by atoms with Crippen LogP contribution in [0.15, 0.2) is 60.9 Å². The smallest absolute Gasteiger partial charge is 0.258 e. The van der Waals surface area contributed by atoms with Crippen molar-refractivity contribution < 1.29 is 18.3 Å². The van der Waals surface area contributed by atoms with Crippen molar-refractivity contribution in [2.45, 2.75) is 13.0 Å². The van der Waals surface area contributed by atoms with Crippen molar-refractivity contribution in [2.75, 3.05) is 6.61 Å². The van der Waals surface area contributed by atoms with Crippen molar-refractivity contribution in [3.8, 4) is 11.4 Å². The Bertz CT molecular complexity index is 898. The summed E-state index contributed by atoms with van der Waals surface area (Å²) in [6.07, 6.45) is 3.49. The number of aromatic nitrogens is 2. The molecule has 3 aromatic rings. The van der Waals surface area contributed by atoms with Gasteiger partial charge in [0, 0.05) is 18.5 Å². The van der Waals surface area contributed by atoms with Crippen molar-refractivity contribution in [1.29, 1.82) is 0 Å². The maximum absolute atomic E-state index is 13.5. The number of benzene rings is 2. The Kier molecular flexibility index (Phi) is 5.26. The zero-order valence-electron chi connectivity index (χ0n) is 14.0. The summed E-state index contributed by atoms with van der Waals surface area (Å²) in [6.45, 7) is 1.45. The molecule has 0 saturated heterocycles. The molecule has 26 heavy (non-hydrogen) atoms. The quantitative estimate of drug-likeness (QED) is 0.736. The van der Waals surface area contributed by atoms with Crippen LogP contribution in [-0.2, 0) is 4.79 Å². The van der Waals surface area contributed by atoms with Crippen LogP contribution in [-0.4, -0.2) is 22.3 Å². The number of carbonyl (C=O) groups is 1. The highest BCUT2D eigenvalue weighted by Gasteiger charge is 2.15. The molecule has 0 aliphatic carbocycles. The van der Waals surface area contributed by atoms with Gasteiger partial charge in [-0.2, -0.15) is 5.10 Å². The van der Waals surface area contributed by atoms with Gasteiger partial charge >= 0.3 is 0 Å². The van der Waals surface area contributed by atoms with Gasteiger partial charge in [0.05, 0.1) is 11.7 Å². The molecular formula is C19H17F2N3O2. The fourth-order valence-corrected chi connectivity index (χ4v) is 2.57. The molecule has 7 heteroatoms. The predicted octanol–water partition coefficient (Wildman–Crippen LogP) is 3.41. The van der Waals surface area contributed by atoms with E-state index in [1.165, 1.54) is 0 Å². The zero-order valence-corrected chi connectivity index (χ0v) is 14.0. The molecule has 1 atom stereocenters. The summed E-state index contributed by atoms with van der Waals surface area (Å²) >= 11 is 0. The normalized spacial score (nSPS) is 11.8. The summed E-state index contributed by atoms with van der Waals surface area (Å²) in [7, 11) is 0. The van der Waals surface area contributed by atoms with Crippen molar-refractivity contribution in [2.24, 2.45) is 0 Å². The van der Waals surface area contributed by atoms with E-state index in [2.05, 4.69) is 10.4 Å². The Morgan fingerprint density at radius 2 is 2.04 bits per heavy atom. The van der Waals surface area contributed by atoms with E-state index in [0.29, 0.717) is 6.07 Å². The Morgan fingerprint density at radius 1 is 1.23 bits per heavy atom. The maximum Gasteiger partial charge on any atom is 0.258 e. The third-order valence-electron chi connectivity index (χ3n) is 3.78. The summed E-state index contributed by atoms with van der Waals surface area (Å²) < 4.78 is 33.2. The summed E-state index contributed by atoms with van der Waals surface area (Å²) in [5, 5.41) is 7.01. The minimum absolute atomic E-state index is 0.175. The van der Waals surface area contributed by atoms with Gasteiger partial charge < -0.3 is 10.1 Å². The van der Waals surface area contributed by atoms with Crippen molar-refractivity contribution in [1.82, 2.24) is 15.1 Å². The van der Waals surface area contributed by atoms with Crippen LogP contribution in [0.5, 0.6) is 5.75 Å². The first-order valence-electron chi connectivity index (χ1n) is 8.01. The number of amides is 1. The van der Waals surface area contributed by atoms with Crippen LogP contribution >= 0.6 is 0 Å². The van der Waals surface area contributed by atoms with E-state index >= 15 is 0 Å². The lowest BCUT2D eigenvalue weighted by atomic mass is 10.1. The van der Waals surface area contributed by atoms with Crippen LogP contribution in [0.25, 0.3) is 5.69 Å². The van der Waals surface area contributed by atoms with Crippen LogP contribution < -0.4 is 10.1 Å². The number of rotatable bonds is 6.